The van der Waals surface area contributed by atoms with Gasteiger partial charge < -0.3 is 15.3 Å². The molecule has 1 aliphatic carbocycles. The van der Waals surface area contributed by atoms with E-state index in [0.717, 1.165) is 18.4 Å². The zero-order chi connectivity index (χ0) is 15.7. The number of amides is 2. The Hall–Kier alpha value is -1.88. The van der Waals surface area contributed by atoms with Crippen LogP contribution in [0.5, 0.6) is 0 Å². The molecule has 5 heteroatoms. The van der Waals surface area contributed by atoms with Gasteiger partial charge >= 0.3 is 0 Å². The van der Waals surface area contributed by atoms with Crippen LogP contribution in [0.1, 0.15) is 25.3 Å². The van der Waals surface area contributed by atoms with Crippen LogP contribution in [0.4, 0.5) is 0 Å². The van der Waals surface area contributed by atoms with Gasteiger partial charge in [-0.1, -0.05) is 30.3 Å². The molecule has 2 amide bonds. The summed E-state index contributed by atoms with van der Waals surface area (Å²) in [5.74, 6) is -0.189. The number of benzene rings is 1. The summed E-state index contributed by atoms with van der Waals surface area (Å²) in [6.45, 7) is 2.49. The van der Waals surface area contributed by atoms with Crippen LogP contribution in [0, 0.1) is 11.8 Å². The molecule has 1 aliphatic heterocycles. The molecule has 0 bridgehead atoms. The van der Waals surface area contributed by atoms with Crippen LogP contribution in [0.25, 0.3) is 0 Å². The van der Waals surface area contributed by atoms with Crippen LogP contribution < -0.4 is 5.32 Å². The van der Waals surface area contributed by atoms with E-state index in [9.17, 15) is 14.7 Å². The van der Waals surface area contributed by atoms with Crippen molar-refractivity contribution in [3.63, 3.8) is 0 Å². The van der Waals surface area contributed by atoms with Crippen molar-refractivity contribution in [1.82, 2.24) is 10.2 Å². The van der Waals surface area contributed by atoms with Crippen molar-refractivity contribution in [3.05, 3.63) is 35.9 Å². The third-order valence-corrected chi connectivity index (χ3v) is 5.29. The van der Waals surface area contributed by atoms with Crippen molar-refractivity contribution in [3.8, 4) is 0 Å². The van der Waals surface area contributed by atoms with Gasteiger partial charge in [-0.3, -0.25) is 9.59 Å². The van der Waals surface area contributed by atoms with Crippen LogP contribution >= 0.6 is 0 Å². The minimum absolute atomic E-state index is 0.0582. The number of aliphatic hydroxyl groups excluding tert-OH is 1. The Balaban J connectivity index is 1.69. The van der Waals surface area contributed by atoms with E-state index in [1.54, 1.807) is 4.90 Å². The Morgan fingerprint density at radius 3 is 2.73 bits per heavy atom. The lowest BCUT2D eigenvalue weighted by atomic mass is 9.58. The summed E-state index contributed by atoms with van der Waals surface area (Å²) in [5.41, 5.74) is 0.367. The second kappa shape index (κ2) is 5.72. The number of nitrogens with zero attached hydrogens (tertiary/aromatic N) is 1. The highest BCUT2D eigenvalue weighted by Crippen LogP contribution is 2.54. The maximum absolute atomic E-state index is 12.5. The Kier molecular flexibility index (Phi) is 3.91. The standard InChI is InChI=1S/C17H22N2O3/c1-12(21)19-8-7-14-9-15(17(14,19)11-20)16(22)18-10-13-5-3-2-4-6-13/h2-6,14-15,20H,7-11H2,1H3,(H,18,22)/t14-,15+,17-/m1/s1. The smallest absolute Gasteiger partial charge is 0.225 e. The number of nitrogens with one attached hydrogen (secondary N) is 1. The maximum Gasteiger partial charge on any atom is 0.225 e. The predicted octanol–water partition coefficient (Wildman–Crippen LogP) is 0.922. The normalized spacial score (nSPS) is 29.6. The topological polar surface area (TPSA) is 69.6 Å². The van der Waals surface area contributed by atoms with Crippen LogP contribution in [0.15, 0.2) is 30.3 Å². The lowest BCUT2D eigenvalue weighted by Gasteiger charge is -2.54. The maximum atomic E-state index is 12.5. The van der Waals surface area contributed by atoms with Crippen molar-refractivity contribution in [2.45, 2.75) is 31.8 Å². The molecule has 0 spiro atoms. The van der Waals surface area contributed by atoms with E-state index in [1.165, 1.54) is 6.92 Å². The van der Waals surface area contributed by atoms with Crippen molar-refractivity contribution in [1.29, 1.82) is 0 Å². The number of likely N-dealkylation sites (tertiary alicyclic amines) is 1. The molecule has 0 radical (unpaired) electrons. The summed E-state index contributed by atoms with van der Waals surface area (Å²) in [6.07, 6.45) is 1.63. The van der Waals surface area contributed by atoms with Crippen LogP contribution in [0.3, 0.4) is 0 Å². The van der Waals surface area contributed by atoms with Gasteiger partial charge in [-0.2, -0.15) is 0 Å². The Morgan fingerprint density at radius 2 is 2.09 bits per heavy atom. The fourth-order valence-corrected chi connectivity index (χ4v) is 4.10. The van der Waals surface area contributed by atoms with Crippen LogP contribution in [-0.4, -0.2) is 40.5 Å². The molecule has 22 heavy (non-hydrogen) atoms. The number of carbonyl (C=O) groups excluding carboxylic acids is 2. The third-order valence-electron chi connectivity index (χ3n) is 5.29. The molecule has 1 heterocycles. The molecule has 118 valence electrons. The summed E-state index contributed by atoms with van der Waals surface area (Å²) in [5, 5.41) is 12.8. The van der Waals surface area contributed by atoms with Crippen molar-refractivity contribution < 1.29 is 14.7 Å². The third kappa shape index (κ3) is 2.20. The summed E-state index contributed by atoms with van der Waals surface area (Å²) >= 11 is 0. The van der Waals surface area contributed by atoms with Gasteiger partial charge in [0, 0.05) is 20.0 Å². The number of rotatable bonds is 4. The van der Waals surface area contributed by atoms with Gasteiger partial charge in [-0.25, -0.2) is 0 Å². The number of aliphatic hydroxyl groups is 1. The van der Waals surface area contributed by atoms with Gasteiger partial charge in [0.15, 0.2) is 0 Å². The van der Waals surface area contributed by atoms with E-state index >= 15 is 0 Å². The average molecular weight is 302 g/mol. The van der Waals surface area contributed by atoms with E-state index in [2.05, 4.69) is 5.32 Å². The molecule has 2 N–H and O–H groups in total. The van der Waals surface area contributed by atoms with E-state index in [-0.39, 0.29) is 30.3 Å². The molecule has 1 aromatic carbocycles. The molecule has 0 unspecified atom stereocenters. The Bertz CT molecular complexity index is 575. The molecule has 3 atom stereocenters. The second-order valence-electron chi connectivity index (χ2n) is 6.30. The van der Waals surface area contributed by atoms with Crippen LogP contribution in [0.2, 0.25) is 0 Å². The molecule has 1 saturated heterocycles. The van der Waals surface area contributed by atoms with Gasteiger partial charge in [0.2, 0.25) is 11.8 Å². The number of hydrogen-bond acceptors (Lipinski definition) is 3. The highest BCUT2D eigenvalue weighted by Gasteiger charge is 2.64. The minimum atomic E-state index is -0.674. The van der Waals surface area contributed by atoms with E-state index in [0.29, 0.717) is 13.1 Å². The fraction of sp³-hybridized carbons (Fsp3) is 0.529. The number of hydrogen-bond donors (Lipinski definition) is 2. The molecule has 2 aliphatic rings. The van der Waals surface area contributed by atoms with Gasteiger partial charge in [-0.05, 0) is 24.3 Å². The lowest BCUT2D eigenvalue weighted by molar-refractivity contribution is -0.158. The Morgan fingerprint density at radius 1 is 1.36 bits per heavy atom. The van der Waals surface area contributed by atoms with Crippen molar-refractivity contribution in [2.24, 2.45) is 11.8 Å². The van der Waals surface area contributed by atoms with E-state index < -0.39 is 5.54 Å². The largest absolute Gasteiger partial charge is 0.394 e. The molecule has 0 aromatic heterocycles. The molecule has 1 aromatic rings. The van der Waals surface area contributed by atoms with E-state index in [4.69, 9.17) is 0 Å². The first-order valence-electron chi connectivity index (χ1n) is 7.80. The zero-order valence-corrected chi connectivity index (χ0v) is 12.8. The summed E-state index contributed by atoms with van der Waals surface area (Å²) in [4.78, 5) is 26.0. The number of carbonyl (C=O) groups is 2. The van der Waals surface area contributed by atoms with E-state index in [1.807, 2.05) is 30.3 Å². The first-order valence-corrected chi connectivity index (χ1v) is 7.80. The summed E-state index contributed by atoms with van der Waals surface area (Å²) < 4.78 is 0. The minimum Gasteiger partial charge on any atom is -0.394 e. The lowest BCUT2D eigenvalue weighted by Crippen LogP contribution is -2.68. The first-order chi connectivity index (χ1) is 10.6. The van der Waals surface area contributed by atoms with Gasteiger partial charge in [0.25, 0.3) is 0 Å². The quantitative estimate of drug-likeness (QED) is 0.869. The molecule has 5 nitrogen and oxygen atoms in total. The summed E-state index contributed by atoms with van der Waals surface area (Å²) in [6, 6.07) is 9.73. The van der Waals surface area contributed by atoms with Gasteiger partial charge in [-0.15, -0.1) is 0 Å². The first kappa shape index (κ1) is 15.0. The average Bonchev–Trinajstić information content (AvgIpc) is 2.79. The van der Waals surface area contributed by atoms with Crippen molar-refractivity contribution in [2.75, 3.05) is 13.2 Å². The fourth-order valence-electron chi connectivity index (χ4n) is 4.10. The SMILES string of the molecule is CC(=O)N1CC[C@@H]2C[C@@H](C(=O)NCc3ccccc3)[C@@]21CO. The molecule has 2 fully saturated rings. The van der Waals surface area contributed by atoms with Gasteiger partial charge in [0.1, 0.15) is 0 Å². The summed E-state index contributed by atoms with van der Waals surface area (Å²) in [7, 11) is 0. The van der Waals surface area contributed by atoms with Crippen LogP contribution in [-0.2, 0) is 16.1 Å². The highest BCUT2D eigenvalue weighted by molar-refractivity contribution is 5.84. The molecule has 3 rings (SSSR count). The van der Waals surface area contributed by atoms with Crippen molar-refractivity contribution >= 4 is 11.8 Å². The second-order valence-corrected chi connectivity index (χ2v) is 6.30. The Labute approximate surface area is 130 Å². The highest BCUT2D eigenvalue weighted by atomic mass is 16.3. The molecular formula is C17H22N2O3. The predicted molar refractivity (Wildman–Crippen MR) is 81.7 cm³/mol. The number of fused-ring (bicyclic) bond motifs is 1. The molecular weight excluding hydrogens is 280 g/mol. The van der Waals surface area contributed by atoms with Gasteiger partial charge in [0.05, 0.1) is 18.1 Å². The molecule has 1 saturated carbocycles. The monoisotopic (exact) mass is 302 g/mol. The zero-order valence-electron chi connectivity index (χ0n) is 12.8.